The Morgan fingerprint density at radius 2 is 1.97 bits per heavy atom. The number of nitrogens with zero attached hydrogens (tertiary/aromatic N) is 3. The van der Waals surface area contributed by atoms with E-state index in [1.807, 2.05) is 30.3 Å². The minimum absolute atomic E-state index is 0.0111. The van der Waals surface area contributed by atoms with Gasteiger partial charge in [-0.15, -0.1) is 0 Å². The molecule has 3 aromatic rings. The number of carboxylic acid groups (broad SMARTS) is 1. The maximum absolute atomic E-state index is 13.2. The summed E-state index contributed by atoms with van der Waals surface area (Å²) in [4.78, 5) is 40.8. The first-order valence-corrected chi connectivity index (χ1v) is 9.41. The molecule has 2 aliphatic rings. The Hall–Kier alpha value is -3.68. The molecule has 3 heterocycles. The molecule has 1 aromatic heterocycles. The molecule has 1 unspecified atom stereocenters. The van der Waals surface area contributed by atoms with Crippen molar-refractivity contribution >= 4 is 34.2 Å². The monoisotopic (exact) mass is 390 g/mol. The number of carbonyl (C=O) groups is 3. The predicted octanol–water partition coefficient (Wildman–Crippen LogP) is 2.19. The van der Waals surface area contributed by atoms with Crippen molar-refractivity contribution in [2.24, 2.45) is 0 Å². The minimum Gasteiger partial charge on any atom is -0.476 e. The van der Waals surface area contributed by atoms with Crippen LogP contribution >= 0.6 is 0 Å². The summed E-state index contributed by atoms with van der Waals surface area (Å²) < 4.78 is 0. The molecule has 2 aromatic carbocycles. The first kappa shape index (κ1) is 17.4. The lowest BCUT2D eigenvalue weighted by Crippen LogP contribution is -2.49. The zero-order chi connectivity index (χ0) is 20.3. The molecule has 0 aliphatic carbocycles. The third-order valence-corrected chi connectivity index (χ3v) is 5.78. The third-order valence-electron chi connectivity index (χ3n) is 5.78. The van der Waals surface area contributed by atoms with Crippen molar-refractivity contribution in [2.75, 3.05) is 11.4 Å². The van der Waals surface area contributed by atoms with Crippen molar-refractivity contribution in [1.82, 2.24) is 15.1 Å². The van der Waals surface area contributed by atoms with Crippen LogP contribution in [0.3, 0.4) is 0 Å². The molecule has 0 saturated carbocycles. The Bertz CT molecular complexity index is 1190. The fourth-order valence-corrected chi connectivity index (χ4v) is 4.38. The van der Waals surface area contributed by atoms with Crippen molar-refractivity contribution in [1.29, 1.82) is 0 Å². The number of nitrogens with one attached hydrogen (secondary N) is 1. The molecule has 8 heteroatoms. The van der Waals surface area contributed by atoms with E-state index in [4.69, 9.17) is 0 Å². The smallest absolute Gasteiger partial charge is 0.356 e. The quantitative estimate of drug-likeness (QED) is 0.713. The number of hydrogen-bond donors (Lipinski definition) is 2. The van der Waals surface area contributed by atoms with E-state index in [1.165, 1.54) is 0 Å². The Morgan fingerprint density at radius 3 is 2.72 bits per heavy atom. The number of anilines is 1. The van der Waals surface area contributed by atoms with E-state index in [-0.39, 0.29) is 24.1 Å². The highest BCUT2D eigenvalue weighted by Gasteiger charge is 2.38. The van der Waals surface area contributed by atoms with Gasteiger partial charge in [0.05, 0.1) is 17.9 Å². The number of carboxylic acids is 1. The summed E-state index contributed by atoms with van der Waals surface area (Å²) in [6.45, 7) is 2.36. The molecular weight excluding hydrogens is 372 g/mol. The van der Waals surface area contributed by atoms with Crippen LogP contribution in [0.15, 0.2) is 36.4 Å². The Balaban J connectivity index is 1.44. The second-order valence-corrected chi connectivity index (χ2v) is 7.38. The molecule has 0 radical (unpaired) electrons. The van der Waals surface area contributed by atoms with Crippen LogP contribution in [0.1, 0.15) is 39.0 Å². The van der Waals surface area contributed by atoms with Gasteiger partial charge in [-0.2, -0.15) is 5.10 Å². The maximum atomic E-state index is 13.2. The Kier molecular flexibility index (Phi) is 3.70. The fourth-order valence-electron chi connectivity index (χ4n) is 4.38. The lowest BCUT2D eigenvalue weighted by atomic mass is 10.0. The van der Waals surface area contributed by atoms with Crippen LogP contribution in [0.2, 0.25) is 0 Å². The number of rotatable bonds is 3. The van der Waals surface area contributed by atoms with Crippen LogP contribution in [-0.4, -0.2) is 50.6 Å². The number of aromatic amines is 1. The van der Waals surface area contributed by atoms with Crippen molar-refractivity contribution in [3.63, 3.8) is 0 Å². The summed E-state index contributed by atoms with van der Waals surface area (Å²) in [6, 6.07) is 10.6. The summed E-state index contributed by atoms with van der Waals surface area (Å²) in [5, 5.41) is 17.6. The largest absolute Gasteiger partial charge is 0.476 e. The zero-order valence-electron chi connectivity index (χ0n) is 15.7. The van der Waals surface area contributed by atoms with Crippen LogP contribution in [0, 0.1) is 0 Å². The Morgan fingerprint density at radius 1 is 1.21 bits per heavy atom. The van der Waals surface area contributed by atoms with E-state index in [9.17, 15) is 19.5 Å². The second kappa shape index (κ2) is 6.16. The number of benzene rings is 2. The third kappa shape index (κ3) is 2.45. The highest BCUT2D eigenvalue weighted by molar-refractivity contribution is 6.26. The molecule has 29 heavy (non-hydrogen) atoms. The SMILES string of the molecule is CC(C(=O)N1CCc2c(C(=O)O)n[nH]c2C1)N1C(=O)c2cccc3cccc1c23. The zero-order valence-corrected chi connectivity index (χ0v) is 15.7. The van der Waals surface area contributed by atoms with Gasteiger partial charge < -0.3 is 10.0 Å². The van der Waals surface area contributed by atoms with Gasteiger partial charge in [0.1, 0.15) is 6.04 Å². The van der Waals surface area contributed by atoms with E-state index >= 15 is 0 Å². The van der Waals surface area contributed by atoms with Gasteiger partial charge in [-0.3, -0.25) is 19.6 Å². The average molecular weight is 390 g/mol. The lowest BCUT2D eigenvalue weighted by Gasteiger charge is -2.33. The first-order chi connectivity index (χ1) is 14.0. The van der Waals surface area contributed by atoms with Crippen molar-refractivity contribution < 1.29 is 19.5 Å². The average Bonchev–Trinajstić information content (AvgIpc) is 3.27. The molecule has 2 amide bonds. The van der Waals surface area contributed by atoms with Gasteiger partial charge in [0, 0.05) is 23.1 Å². The van der Waals surface area contributed by atoms with Gasteiger partial charge in [0.25, 0.3) is 5.91 Å². The summed E-state index contributed by atoms with van der Waals surface area (Å²) >= 11 is 0. The highest BCUT2D eigenvalue weighted by Crippen LogP contribution is 2.38. The summed E-state index contributed by atoms with van der Waals surface area (Å²) in [7, 11) is 0. The van der Waals surface area contributed by atoms with Gasteiger partial charge in [0.15, 0.2) is 5.69 Å². The molecule has 8 nitrogen and oxygen atoms in total. The number of carbonyl (C=O) groups excluding carboxylic acids is 2. The van der Waals surface area contributed by atoms with Crippen molar-refractivity contribution in [3.8, 4) is 0 Å². The van der Waals surface area contributed by atoms with Gasteiger partial charge in [-0.25, -0.2) is 4.79 Å². The molecule has 146 valence electrons. The number of fused-ring (bicyclic) bond motifs is 1. The number of hydrogen-bond acceptors (Lipinski definition) is 4. The number of H-pyrrole nitrogens is 1. The number of aromatic carboxylic acids is 1. The summed E-state index contributed by atoms with van der Waals surface area (Å²) in [6.07, 6.45) is 0.412. The van der Waals surface area contributed by atoms with Crippen molar-refractivity contribution in [2.45, 2.75) is 25.9 Å². The molecule has 0 saturated heterocycles. The molecule has 2 N–H and O–H groups in total. The predicted molar refractivity (Wildman–Crippen MR) is 105 cm³/mol. The molecule has 2 aliphatic heterocycles. The first-order valence-electron chi connectivity index (χ1n) is 9.41. The van der Waals surface area contributed by atoms with Crippen LogP contribution in [-0.2, 0) is 17.8 Å². The minimum atomic E-state index is -1.08. The van der Waals surface area contributed by atoms with Crippen molar-refractivity contribution in [3.05, 3.63) is 58.9 Å². The van der Waals surface area contributed by atoms with E-state index in [0.717, 1.165) is 16.5 Å². The summed E-state index contributed by atoms with van der Waals surface area (Å²) in [5.41, 5.74) is 2.64. The topological polar surface area (TPSA) is 107 Å². The van der Waals surface area contributed by atoms with Crippen LogP contribution in [0.25, 0.3) is 10.8 Å². The lowest BCUT2D eigenvalue weighted by molar-refractivity contribution is -0.133. The highest BCUT2D eigenvalue weighted by atomic mass is 16.4. The molecular formula is C21H18N4O4. The van der Waals surface area contributed by atoms with Gasteiger partial charge in [-0.05, 0) is 30.9 Å². The van der Waals surface area contributed by atoms with Crippen LogP contribution in [0.5, 0.6) is 0 Å². The van der Waals surface area contributed by atoms with Gasteiger partial charge in [-0.1, -0.05) is 24.3 Å². The fraction of sp³-hybridized carbons (Fsp3) is 0.238. The molecule has 0 bridgehead atoms. The maximum Gasteiger partial charge on any atom is 0.356 e. The molecule has 0 fully saturated rings. The van der Waals surface area contributed by atoms with E-state index in [0.29, 0.717) is 29.8 Å². The molecule has 0 spiro atoms. The molecule has 1 atom stereocenters. The second-order valence-electron chi connectivity index (χ2n) is 7.38. The van der Waals surface area contributed by atoms with Gasteiger partial charge >= 0.3 is 5.97 Å². The van der Waals surface area contributed by atoms with Crippen LogP contribution < -0.4 is 4.90 Å². The van der Waals surface area contributed by atoms with E-state index in [1.54, 1.807) is 22.8 Å². The normalized spacial score (nSPS) is 16.2. The number of aromatic nitrogens is 2. The summed E-state index contributed by atoms with van der Waals surface area (Å²) in [5.74, 6) is -1.44. The molecule has 5 rings (SSSR count). The standard InChI is InChI=1S/C21H18N4O4/c1-11(19(26)24-9-8-13-15(10-24)22-23-18(13)21(28)29)25-16-7-3-5-12-4-2-6-14(17(12)16)20(25)27/h2-7,11H,8-10H2,1H3,(H,22,23)(H,28,29). The van der Waals surface area contributed by atoms with E-state index in [2.05, 4.69) is 10.2 Å². The number of amides is 2. The van der Waals surface area contributed by atoms with E-state index < -0.39 is 12.0 Å². The Labute approximate surface area is 165 Å². The van der Waals surface area contributed by atoms with Crippen LogP contribution in [0.4, 0.5) is 5.69 Å². The van der Waals surface area contributed by atoms with Gasteiger partial charge in [0.2, 0.25) is 5.91 Å².